The molecule has 2 aliphatic heterocycles. The summed E-state index contributed by atoms with van der Waals surface area (Å²) in [4.78, 5) is 46.1. The van der Waals surface area contributed by atoms with Gasteiger partial charge in [0.25, 0.3) is 5.91 Å². The highest BCUT2D eigenvalue weighted by molar-refractivity contribution is 7.89. The fraction of sp³-hybridized carbons (Fsp3) is 0.344. The standard InChI is InChI=1S/C32H34Cl2FN5O5S/c1-19(2)38-18-29-39(46(44,45)28-14-9-22(33)16-25(28)34)17-26(36-30(41)21-7-12-24(13-8-21)37(3)4)31(42)40(29)27(32(38)43)15-20-5-10-23(35)11-6-20/h5-14,16,19,26-27,29H,15,17-18H2,1-4H3,(H,36,41). The van der Waals surface area contributed by atoms with Crippen LogP contribution in [-0.4, -0.2) is 91.7 Å². The summed E-state index contributed by atoms with van der Waals surface area (Å²) in [5.74, 6) is -2.06. The van der Waals surface area contributed by atoms with Crippen LogP contribution in [0.1, 0.15) is 29.8 Å². The van der Waals surface area contributed by atoms with Crippen molar-refractivity contribution in [2.24, 2.45) is 0 Å². The maximum absolute atomic E-state index is 14.3. The van der Waals surface area contributed by atoms with E-state index in [-0.39, 0.29) is 39.5 Å². The lowest BCUT2D eigenvalue weighted by Crippen LogP contribution is -2.76. The van der Waals surface area contributed by atoms with Gasteiger partial charge in [-0.15, -0.1) is 0 Å². The van der Waals surface area contributed by atoms with Gasteiger partial charge >= 0.3 is 0 Å². The van der Waals surface area contributed by atoms with Crippen molar-refractivity contribution in [1.29, 1.82) is 0 Å². The number of fused-ring (bicyclic) bond motifs is 1. The number of benzene rings is 3. The van der Waals surface area contributed by atoms with E-state index in [9.17, 15) is 27.2 Å². The number of rotatable bonds is 8. The maximum Gasteiger partial charge on any atom is 0.251 e. The number of nitrogens with zero attached hydrogens (tertiary/aromatic N) is 4. The molecule has 1 N–H and O–H groups in total. The molecule has 0 spiro atoms. The number of carbonyl (C=O) groups excluding carboxylic acids is 3. The van der Waals surface area contributed by atoms with E-state index in [2.05, 4.69) is 5.32 Å². The van der Waals surface area contributed by atoms with Crippen LogP contribution in [0.3, 0.4) is 0 Å². The van der Waals surface area contributed by atoms with Gasteiger partial charge in [0.1, 0.15) is 29.0 Å². The summed E-state index contributed by atoms with van der Waals surface area (Å²) in [6.07, 6.45) is -1.13. The van der Waals surface area contributed by atoms with E-state index in [1.807, 2.05) is 19.0 Å². The van der Waals surface area contributed by atoms with Crippen molar-refractivity contribution >= 4 is 56.6 Å². The molecule has 0 radical (unpaired) electrons. The Bertz CT molecular complexity index is 1760. The molecule has 14 heteroatoms. The minimum atomic E-state index is -4.42. The Morgan fingerprint density at radius 1 is 0.978 bits per heavy atom. The highest BCUT2D eigenvalue weighted by Gasteiger charge is 2.54. The number of sulfonamides is 1. The Labute approximate surface area is 277 Å². The first-order valence-electron chi connectivity index (χ1n) is 14.6. The SMILES string of the molecule is CC(C)N1CC2N(C(=O)C(NC(=O)c3ccc(N(C)C)cc3)CN2S(=O)(=O)c2ccc(Cl)cc2Cl)C(Cc2ccc(F)cc2)C1=O. The Hall–Kier alpha value is -3.71. The van der Waals surface area contributed by atoms with E-state index in [1.165, 1.54) is 52.3 Å². The molecule has 244 valence electrons. The second kappa shape index (κ2) is 13.2. The first-order valence-corrected chi connectivity index (χ1v) is 16.8. The molecule has 3 aromatic carbocycles. The van der Waals surface area contributed by atoms with Crippen molar-refractivity contribution in [3.8, 4) is 0 Å². The average Bonchev–Trinajstić information content (AvgIpc) is 3.00. The molecule has 46 heavy (non-hydrogen) atoms. The molecule has 3 aromatic rings. The fourth-order valence-corrected chi connectivity index (χ4v) is 8.12. The highest BCUT2D eigenvalue weighted by Crippen LogP contribution is 2.35. The number of hydrogen-bond acceptors (Lipinski definition) is 6. The van der Waals surface area contributed by atoms with Crippen LogP contribution in [0.15, 0.2) is 71.6 Å². The summed E-state index contributed by atoms with van der Waals surface area (Å²) in [5.41, 5.74) is 1.69. The molecule has 2 heterocycles. The number of nitrogens with one attached hydrogen (secondary N) is 1. The van der Waals surface area contributed by atoms with Crippen molar-refractivity contribution in [2.45, 2.75) is 49.5 Å². The van der Waals surface area contributed by atoms with Crippen LogP contribution in [0, 0.1) is 5.82 Å². The van der Waals surface area contributed by atoms with Crippen molar-refractivity contribution in [3.63, 3.8) is 0 Å². The third-order valence-electron chi connectivity index (χ3n) is 8.23. The Balaban J connectivity index is 1.59. The number of piperazine rings is 1. The van der Waals surface area contributed by atoms with Gasteiger partial charge in [-0.2, -0.15) is 4.31 Å². The summed E-state index contributed by atoms with van der Waals surface area (Å²) >= 11 is 12.4. The summed E-state index contributed by atoms with van der Waals surface area (Å²) < 4.78 is 43.5. The van der Waals surface area contributed by atoms with Gasteiger partial charge in [-0.05, 0) is 74.0 Å². The van der Waals surface area contributed by atoms with Gasteiger partial charge in [0.05, 0.1) is 11.6 Å². The molecular weight excluding hydrogens is 656 g/mol. The number of anilines is 1. The minimum absolute atomic E-state index is 0.00712. The zero-order valence-corrected chi connectivity index (χ0v) is 28.0. The molecule has 0 aromatic heterocycles. The molecule has 2 fully saturated rings. The lowest BCUT2D eigenvalue weighted by Gasteiger charge is -2.54. The smallest absolute Gasteiger partial charge is 0.251 e. The van der Waals surface area contributed by atoms with Gasteiger partial charge in [-0.1, -0.05) is 35.3 Å². The Kier molecular flexibility index (Phi) is 9.65. The summed E-state index contributed by atoms with van der Waals surface area (Å²) in [6.45, 7) is 3.07. The predicted molar refractivity (Wildman–Crippen MR) is 174 cm³/mol. The van der Waals surface area contributed by atoms with E-state index in [0.717, 1.165) is 9.99 Å². The van der Waals surface area contributed by atoms with Crippen molar-refractivity contribution < 1.29 is 27.2 Å². The molecule has 3 amide bonds. The van der Waals surface area contributed by atoms with E-state index in [1.54, 1.807) is 38.1 Å². The fourth-order valence-electron chi connectivity index (χ4n) is 5.79. The topological polar surface area (TPSA) is 110 Å². The largest absolute Gasteiger partial charge is 0.378 e. The molecule has 10 nitrogen and oxygen atoms in total. The molecule has 0 aliphatic carbocycles. The summed E-state index contributed by atoms with van der Waals surface area (Å²) in [7, 11) is -0.700. The van der Waals surface area contributed by atoms with Crippen LogP contribution >= 0.6 is 23.2 Å². The maximum atomic E-state index is 14.3. The zero-order chi connectivity index (χ0) is 33.5. The third kappa shape index (κ3) is 6.57. The van der Waals surface area contributed by atoms with Gasteiger partial charge in [-0.25, -0.2) is 12.8 Å². The van der Waals surface area contributed by atoms with Crippen LogP contribution in [-0.2, 0) is 26.0 Å². The van der Waals surface area contributed by atoms with Gasteiger partial charge in [0, 0.05) is 49.4 Å². The van der Waals surface area contributed by atoms with Gasteiger partial charge < -0.3 is 20.0 Å². The molecule has 2 saturated heterocycles. The highest BCUT2D eigenvalue weighted by atomic mass is 35.5. The number of halogens is 3. The number of carbonyl (C=O) groups is 3. The van der Waals surface area contributed by atoms with Gasteiger partial charge in [-0.3, -0.25) is 14.4 Å². The quantitative estimate of drug-likeness (QED) is 0.383. The van der Waals surface area contributed by atoms with Crippen molar-refractivity contribution in [1.82, 2.24) is 19.4 Å². The van der Waals surface area contributed by atoms with E-state index in [4.69, 9.17) is 23.2 Å². The summed E-state index contributed by atoms with van der Waals surface area (Å²) in [6, 6.07) is 13.4. The first kappa shape index (κ1) is 33.6. The van der Waals surface area contributed by atoms with Crippen LogP contribution in [0.25, 0.3) is 0 Å². The number of amides is 3. The molecular formula is C32H34Cl2FN5O5S. The predicted octanol–water partition coefficient (Wildman–Crippen LogP) is 4.02. The Morgan fingerprint density at radius 2 is 1.63 bits per heavy atom. The molecule has 0 bridgehead atoms. The van der Waals surface area contributed by atoms with Crippen LogP contribution < -0.4 is 10.2 Å². The second-order valence-corrected chi connectivity index (χ2v) is 14.5. The van der Waals surface area contributed by atoms with Crippen molar-refractivity contribution in [2.75, 3.05) is 32.1 Å². The van der Waals surface area contributed by atoms with Gasteiger partial charge in [0.15, 0.2) is 0 Å². The van der Waals surface area contributed by atoms with Crippen LogP contribution in [0.5, 0.6) is 0 Å². The lowest BCUT2D eigenvalue weighted by molar-refractivity contribution is -0.168. The molecule has 3 unspecified atom stereocenters. The van der Waals surface area contributed by atoms with Crippen LogP contribution in [0.2, 0.25) is 10.0 Å². The monoisotopic (exact) mass is 689 g/mol. The summed E-state index contributed by atoms with van der Waals surface area (Å²) in [5, 5.41) is 2.82. The lowest BCUT2D eigenvalue weighted by atomic mass is 9.96. The van der Waals surface area contributed by atoms with E-state index in [0.29, 0.717) is 5.56 Å². The molecule has 3 atom stereocenters. The Morgan fingerprint density at radius 3 is 2.22 bits per heavy atom. The van der Waals surface area contributed by atoms with E-state index >= 15 is 0 Å². The third-order valence-corrected chi connectivity index (χ3v) is 10.8. The molecule has 5 rings (SSSR count). The van der Waals surface area contributed by atoms with Gasteiger partial charge in [0.2, 0.25) is 21.8 Å². The average molecular weight is 691 g/mol. The normalized spacial score (nSPS) is 20.6. The zero-order valence-electron chi connectivity index (χ0n) is 25.7. The minimum Gasteiger partial charge on any atom is -0.378 e. The first-order chi connectivity index (χ1) is 21.7. The van der Waals surface area contributed by atoms with E-state index < -0.39 is 58.4 Å². The second-order valence-electron chi connectivity index (χ2n) is 11.8. The molecule has 0 saturated carbocycles. The molecule has 2 aliphatic rings. The number of hydrogen-bond donors (Lipinski definition) is 1. The van der Waals surface area contributed by atoms with Crippen molar-refractivity contribution in [3.05, 3.63) is 93.7 Å². The van der Waals surface area contributed by atoms with Crippen LogP contribution in [0.4, 0.5) is 10.1 Å².